The Morgan fingerprint density at radius 2 is 1.52 bits per heavy atom. The third-order valence-corrected chi connectivity index (χ3v) is 4.53. The molecule has 134 valence electrons. The molecule has 1 aromatic heterocycles. The Balaban J connectivity index is 1.61. The van der Waals surface area contributed by atoms with Crippen LogP contribution in [0.2, 0.25) is 0 Å². The summed E-state index contributed by atoms with van der Waals surface area (Å²) in [6, 6.07) is 19.4. The molecular formula is C22H20N4O. The predicted octanol–water partition coefficient (Wildman–Crippen LogP) is 4.60. The van der Waals surface area contributed by atoms with Crippen LogP contribution < -0.4 is 5.32 Å². The van der Waals surface area contributed by atoms with E-state index in [9.17, 15) is 4.79 Å². The van der Waals surface area contributed by atoms with E-state index in [2.05, 4.69) is 15.5 Å². The van der Waals surface area contributed by atoms with Crippen molar-refractivity contribution >= 4 is 22.6 Å². The van der Waals surface area contributed by atoms with Gasteiger partial charge < -0.3 is 5.32 Å². The second-order valence-electron chi connectivity index (χ2n) is 6.80. The molecule has 5 nitrogen and oxygen atoms in total. The first-order valence-electron chi connectivity index (χ1n) is 8.82. The van der Waals surface area contributed by atoms with E-state index < -0.39 is 0 Å². The summed E-state index contributed by atoms with van der Waals surface area (Å²) in [6.45, 7) is 6.00. The highest BCUT2D eigenvalue weighted by Crippen LogP contribution is 2.19. The van der Waals surface area contributed by atoms with Crippen LogP contribution in [0.3, 0.4) is 0 Å². The number of anilines is 1. The van der Waals surface area contributed by atoms with E-state index in [1.807, 2.05) is 81.4 Å². The molecule has 4 aromatic rings. The quantitative estimate of drug-likeness (QED) is 0.584. The van der Waals surface area contributed by atoms with E-state index in [1.165, 1.54) is 5.56 Å². The fourth-order valence-corrected chi connectivity index (χ4v) is 3.05. The third-order valence-electron chi connectivity index (χ3n) is 4.53. The Kier molecular flexibility index (Phi) is 4.20. The first-order chi connectivity index (χ1) is 13.0. The van der Waals surface area contributed by atoms with Gasteiger partial charge in [-0.3, -0.25) is 4.79 Å². The molecule has 0 aliphatic rings. The van der Waals surface area contributed by atoms with E-state index in [0.29, 0.717) is 11.3 Å². The highest BCUT2D eigenvalue weighted by molar-refractivity contribution is 6.05. The highest BCUT2D eigenvalue weighted by atomic mass is 16.1. The maximum Gasteiger partial charge on any atom is 0.255 e. The lowest BCUT2D eigenvalue weighted by Crippen LogP contribution is -2.13. The van der Waals surface area contributed by atoms with Crippen molar-refractivity contribution in [3.05, 3.63) is 82.9 Å². The molecule has 1 N–H and O–H groups in total. The van der Waals surface area contributed by atoms with Crippen molar-refractivity contribution in [2.24, 2.45) is 0 Å². The lowest BCUT2D eigenvalue weighted by Gasteiger charge is -2.08. The smallest absolute Gasteiger partial charge is 0.255 e. The molecule has 0 unspecified atom stereocenters. The van der Waals surface area contributed by atoms with Crippen molar-refractivity contribution in [3.8, 4) is 5.69 Å². The van der Waals surface area contributed by atoms with Crippen LogP contribution in [0.4, 0.5) is 5.69 Å². The van der Waals surface area contributed by atoms with Crippen molar-refractivity contribution in [1.82, 2.24) is 15.0 Å². The molecule has 0 spiro atoms. The van der Waals surface area contributed by atoms with Gasteiger partial charge in [-0.25, -0.2) is 0 Å². The van der Waals surface area contributed by atoms with E-state index in [1.54, 1.807) is 4.80 Å². The Hall–Kier alpha value is -3.47. The van der Waals surface area contributed by atoms with E-state index in [0.717, 1.165) is 27.8 Å². The molecule has 0 aliphatic carbocycles. The number of rotatable bonds is 3. The van der Waals surface area contributed by atoms with Crippen LogP contribution in [-0.2, 0) is 0 Å². The fourth-order valence-electron chi connectivity index (χ4n) is 3.05. The van der Waals surface area contributed by atoms with Crippen molar-refractivity contribution < 1.29 is 4.79 Å². The predicted molar refractivity (Wildman–Crippen MR) is 107 cm³/mol. The number of amides is 1. The summed E-state index contributed by atoms with van der Waals surface area (Å²) in [5.41, 5.74) is 7.06. The SMILES string of the molecule is Cc1ccc(-n2nc3ccc(NC(=O)c4ccc(C)cc4C)cc3n2)cc1. The molecule has 0 radical (unpaired) electrons. The van der Waals surface area contributed by atoms with Crippen LogP contribution in [0, 0.1) is 20.8 Å². The largest absolute Gasteiger partial charge is 0.322 e. The molecule has 0 saturated heterocycles. The zero-order valence-corrected chi connectivity index (χ0v) is 15.5. The number of hydrogen-bond donors (Lipinski definition) is 1. The number of aromatic nitrogens is 3. The number of fused-ring (bicyclic) bond motifs is 1. The Morgan fingerprint density at radius 3 is 2.26 bits per heavy atom. The van der Waals surface area contributed by atoms with Gasteiger partial charge in [0.1, 0.15) is 11.0 Å². The molecule has 5 heteroatoms. The molecule has 27 heavy (non-hydrogen) atoms. The second-order valence-corrected chi connectivity index (χ2v) is 6.80. The second kappa shape index (κ2) is 6.68. The average Bonchev–Trinajstić information content (AvgIpc) is 3.05. The maximum atomic E-state index is 12.6. The monoisotopic (exact) mass is 356 g/mol. The molecule has 0 saturated carbocycles. The molecule has 0 bridgehead atoms. The fraction of sp³-hybridized carbons (Fsp3) is 0.136. The van der Waals surface area contributed by atoms with Crippen molar-refractivity contribution in [3.63, 3.8) is 0 Å². The third kappa shape index (κ3) is 3.44. The van der Waals surface area contributed by atoms with Gasteiger partial charge in [-0.2, -0.15) is 4.80 Å². The van der Waals surface area contributed by atoms with Crippen LogP contribution >= 0.6 is 0 Å². The highest BCUT2D eigenvalue weighted by Gasteiger charge is 2.11. The molecular weight excluding hydrogens is 336 g/mol. The number of aryl methyl sites for hydroxylation is 3. The van der Waals surface area contributed by atoms with Gasteiger partial charge in [0.2, 0.25) is 0 Å². The number of hydrogen-bond acceptors (Lipinski definition) is 3. The van der Waals surface area contributed by atoms with Crippen molar-refractivity contribution in [2.45, 2.75) is 20.8 Å². The topological polar surface area (TPSA) is 59.8 Å². The minimum absolute atomic E-state index is 0.127. The summed E-state index contributed by atoms with van der Waals surface area (Å²) in [5, 5.41) is 12.0. The summed E-state index contributed by atoms with van der Waals surface area (Å²) in [6.07, 6.45) is 0. The number of carbonyl (C=O) groups is 1. The standard InChI is InChI=1S/C22H20N4O/c1-14-4-8-18(9-5-14)26-24-20-11-7-17(13-21(20)25-26)23-22(27)19-10-6-15(2)12-16(19)3/h4-13H,1-3H3,(H,23,27). The van der Waals surface area contributed by atoms with Gasteiger partial charge in [0.25, 0.3) is 5.91 Å². The van der Waals surface area contributed by atoms with Crippen LogP contribution in [0.5, 0.6) is 0 Å². The first-order valence-corrected chi connectivity index (χ1v) is 8.82. The molecule has 0 fully saturated rings. The molecule has 3 aromatic carbocycles. The van der Waals surface area contributed by atoms with Crippen LogP contribution in [0.25, 0.3) is 16.7 Å². The molecule has 1 amide bonds. The summed E-state index contributed by atoms with van der Waals surface area (Å²) in [5.74, 6) is -0.127. The maximum absolute atomic E-state index is 12.6. The number of benzene rings is 3. The average molecular weight is 356 g/mol. The van der Waals surface area contributed by atoms with Gasteiger partial charge in [-0.05, 0) is 62.7 Å². The van der Waals surface area contributed by atoms with Crippen molar-refractivity contribution in [1.29, 1.82) is 0 Å². The van der Waals surface area contributed by atoms with Gasteiger partial charge in [0, 0.05) is 11.3 Å². The van der Waals surface area contributed by atoms with E-state index >= 15 is 0 Å². The van der Waals surface area contributed by atoms with E-state index in [4.69, 9.17) is 0 Å². The Morgan fingerprint density at radius 1 is 0.815 bits per heavy atom. The Labute approximate surface area is 157 Å². The summed E-state index contributed by atoms with van der Waals surface area (Å²) < 4.78 is 0. The number of nitrogens with one attached hydrogen (secondary N) is 1. The normalized spacial score (nSPS) is 10.9. The van der Waals surface area contributed by atoms with E-state index in [-0.39, 0.29) is 5.91 Å². The van der Waals surface area contributed by atoms with Gasteiger partial charge in [0.15, 0.2) is 0 Å². The summed E-state index contributed by atoms with van der Waals surface area (Å²) in [7, 11) is 0. The van der Waals surface area contributed by atoms with Gasteiger partial charge >= 0.3 is 0 Å². The van der Waals surface area contributed by atoms with Crippen molar-refractivity contribution in [2.75, 3.05) is 5.32 Å². The number of nitrogens with zero attached hydrogens (tertiary/aromatic N) is 3. The molecule has 1 heterocycles. The zero-order valence-electron chi connectivity index (χ0n) is 15.5. The van der Waals surface area contributed by atoms with Gasteiger partial charge in [-0.1, -0.05) is 35.4 Å². The van der Waals surface area contributed by atoms with Crippen LogP contribution in [-0.4, -0.2) is 20.9 Å². The zero-order chi connectivity index (χ0) is 19.0. The first kappa shape index (κ1) is 17.0. The summed E-state index contributed by atoms with van der Waals surface area (Å²) in [4.78, 5) is 14.2. The Bertz CT molecular complexity index is 1140. The lowest BCUT2D eigenvalue weighted by atomic mass is 10.1. The number of carbonyl (C=O) groups excluding carboxylic acids is 1. The molecule has 0 atom stereocenters. The van der Waals surface area contributed by atoms with Gasteiger partial charge in [0.05, 0.1) is 5.69 Å². The molecule has 0 aliphatic heterocycles. The summed E-state index contributed by atoms with van der Waals surface area (Å²) >= 11 is 0. The minimum Gasteiger partial charge on any atom is -0.322 e. The van der Waals surface area contributed by atoms with Crippen LogP contribution in [0.1, 0.15) is 27.0 Å². The molecule has 4 rings (SSSR count). The van der Waals surface area contributed by atoms with Gasteiger partial charge in [-0.15, -0.1) is 10.2 Å². The van der Waals surface area contributed by atoms with Crippen LogP contribution in [0.15, 0.2) is 60.7 Å². The minimum atomic E-state index is -0.127. The lowest BCUT2D eigenvalue weighted by molar-refractivity contribution is 0.102.